The van der Waals surface area contributed by atoms with E-state index in [9.17, 15) is 9.59 Å². The summed E-state index contributed by atoms with van der Waals surface area (Å²) in [4.78, 5) is 30.1. The first-order valence-electron chi connectivity index (χ1n) is 6.45. The average molecular weight is 318 g/mol. The number of hydrogen-bond donors (Lipinski definition) is 1. The van der Waals surface area contributed by atoms with Crippen molar-refractivity contribution in [2.45, 2.75) is 6.92 Å². The second-order valence-electron chi connectivity index (χ2n) is 4.79. The van der Waals surface area contributed by atoms with E-state index >= 15 is 0 Å². The molecule has 0 amide bonds. The minimum Gasteiger partial charge on any atom is -0.303 e. The van der Waals surface area contributed by atoms with Crippen LogP contribution < -0.4 is 11.2 Å². The van der Waals surface area contributed by atoms with Gasteiger partial charge in [-0.15, -0.1) is 0 Å². The molecule has 2 aromatic heterocycles. The molecule has 0 saturated heterocycles. The first-order valence-corrected chi connectivity index (χ1v) is 6.83. The molecular weight excluding hydrogens is 306 g/mol. The van der Waals surface area contributed by atoms with Crippen LogP contribution in [0.3, 0.4) is 0 Å². The highest BCUT2D eigenvalue weighted by molar-refractivity contribution is 6.30. The van der Waals surface area contributed by atoms with Crippen molar-refractivity contribution >= 4 is 11.6 Å². The fourth-order valence-electron chi connectivity index (χ4n) is 2.10. The maximum absolute atomic E-state index is 12.1. The number of benzene rings is 1. The van der Waals surface area contributed by atoms with Crippen molar-refractivity contribution in [2.75, 3.05) is 0 Å². The zero-order valence-corrected chi connectivity index (χ0v) is 12.6. The molecule has 0 saturated carbocycles. The molecule has 0 aliphatic rings. The van der Waals surface area contributed by atoms with Crippen LogP contribution in [0.15, 0.2) is 40.1 Å². The lowest BCUT2D eigenvalue weighted by Gasteiger charge is -2.06. The first-order chi connectivity index (χ1) is 10.5. The highest BCUT2D eigenvalue weighted by Crippen LogP contribution is 2.20. The number of aryl methyl sites for hydroxylation is 2. The van der Waals surface area contributed by atoms with Gasteiger partial charge in [0.05, 0.1) is 5.69 Å². The first kappa shape index (κ1) is 14.3. The topological polar surface area (TPSA) is 85.6 Å². The molecule has 0 bridgehead atoms. The van der Waals surface area contributed by atoms with Gasteiger partial charge in [0.2, 0.25) is 0 Å². The molecule has 1 N–H and O–H groups in total. The summed E-state index contributed by atoms with van der Waals surface area (Å²) in [5, 5.41) is 4.85. The molecule has 22 heavy (non-hydrogen) atoms. The van der Waals surface area contributed by atoms with E-state index in [1.54, 1.807) is 38.2 Å². The number of aromatic amines is 1. The Bertz CT molecular complexity index is 970. The Labute approximate surface area is 129 Å². The minimum atomic E-state index is -0.515. The van der Waals surface area contributed by atoms with Crippen molar-refractivity contribution in [1.82, 2.24) is 24.3 Å². The van der Waals surface area contributed by atoms with Gasteiger partial charge in [-0.3, -0.25) is 9.78 Å². The van der Waals surface area contributed by atoms with Gasteiger partial charge in [0.1, 0.15) is 11.4 Å². The molecule has 0 aliphatic carbocycles. The van der Waals surface area contributed by atoms with E-state index in [-0.39, 0.29) is 5.56 Å². The number of halogens is 1. The summed E-state index contributed by atoms with van der Waals surface area (Å²) in [7, 11) is 1.55. The molecule has 3 aromatic rings. The standard InChI is InChI=1S/C14H12ClN5O2/c1-8-16-12(11-7-19(2)14(22)17-13(11)21)20(18-8)10-5-3-4-9(15)6-10/h3-7H,1-2H3,(H,17,21,22). The van der Waals surface area contributed by atoms with E-state index in [0.717, 1.165) is 0 Å². The number of rotatable bonds is 2. The smallest absolute Gasteiger partial charge is 0.303 e. The summed E-state index contributed by atoms with van der Waals surface area (Å²) in [6, 6.07) is 7.05. The molecule has 8 heteroatoms. The zero-order chi connectivity index (χ0) is 15.9. The summed E-state index contributed by atoms with van der Waals surface area (Å²) in [6.45, 7) is 1.72. The van der Waals surface area contributed by atoms with E-state index in [0.29, 0.717) is 22.4 Å². The van der Waals surface area contributed by atoms with Crippen LogP contribution in [-0.4, -0.2) is 24.3 Å². The van der Waals surface area contributed by atoms with Crippen molar-refractivity contribution in [1.29, 1.82) is 0 Å². The molecule has 0 atom stereocenters. The van der Waals surface area contributed by atoms with Gasteiger partial charge in [-0.05, 0) is 25.1 Å². The molecular formula is C14H12ClN5O2. The Morgan fingerprint density at radius 2 is 2.05 bits per heavy atom. The Morgan fingerprint density at radius 3 is 2.77 bits per heavy atom. The number of nitrogens with zero attached hydrogens (tertiary/aromatic N) is 4. The van der Waals surface area contributed by atoms with Gasteiger partial charge in [0.25, 0.3) is 5.56 Å². The van der Waals surface area contributed by atoms with Crippen LogP contribution in [0.25, 0.3) is 17.1 Å². The van der Waals surface area contributed by atoms with Crippen LogP contribution in [0.1, 0.15) is 5.82 Å². The number of H-pyrrole nitrogens is 1. The van der Waals surface area contributed by atoms with Gasteiger partial charge in [-0.1, -0.05) is 17.7 Å². The second kappa shape index (κ2) is 5.27. The van der Waals surface area contributed by atoms with Crippen molar-refractivity contribution in [3.8, 4) is 17.1 Å². The van der Waals surface area contributed by atoms with Crippen molar-refractivity contribution < 1.29 is 0 Å². The largest absolute Gasteiger partial charge is 0.328 e. The minimum absolute atomic E-state index is 0.252. The van der Waals surface area contributed by atoms with E-state index in [4.69, 9.17) is 11.6 Å². The lowest BCUT2D eigenvalue weighted by molar-refractivity contribution is 0.795. The second-order valence-corrected chi connectivity index (χ2v) is 5.22. The van der Waals surface area contributed by atoms with Crippen LogP contribution in [0.5, 0.6) is 0 Å². The molecule has 1 aromatic carbocycles. The van der Waals surface area contributed by atoms with Crippen LogP contribution in [0.2, 0.25) is 5.02 Å². The van der Waals surface area contributed by atoms with Crippen molar-refractivity contribution in [3.05, 3.63) is 62.1 Å². The van der Waals surface area contributed by atoms with Crippen LogP contribution in [-0.2, 0) is 7.05 Å². The molecule has 112 valence electrons. The Kier molecular flexibility index (Phi) is 3.42. The van der Waals surface area contributed by atoms with E-state index in [1.807, 2.05) is 0 Å². The van der Waals surface area contributed by atoms with Gasteiger partial charge in [0.15, 0.2) is 5.82 Å². The lowest BCUT2D eigenvalue weighted by Crippen LogP contribution is -2.29. The van der Waals surface area contributed by atoms with Crippen LogP contribution in [0, 0.1) is 6.92 Å². The molecule has 3 rings (SSSR count). The predicted molar refractivity (Wildman–Crippen MR) is 82.4 cm³/mol. The van der Waals surface area contributed by atoms with Gasteiger partial charge in [-0.25, -0.2) is 14.5 Å². The van der Waals surface area contributed by atoms with Crippen LogP contribution >= 0.6 is 11.6 Å². The predicted octanol–water partition coefficient (Wildman–Crippen LogP) is 1.28. The fourth-order valence-corrected chi connectivity index (χ4v) is 2.28. The summed E-state index contributed by atoms with van der Waals surface area (Å²) in [5.41, 5.74) is -0.0721. The fraction of sp³-hybridized carbons (Fsp3) is 0.143. The maximum atomic E-state index is 12.1. The third-order valence-corrected chi connectivity index (χ3v) is 3.35. The summed E-state index contributed by atoms with van der Waals surface area (Å²) in [5.74, 6) is 0.847. The number of hydrogen-bond acceptors (Lipinski definition) is 4. The third kappa shape index (κ3) is 2.46. The van der Waals surface area contributed by atoms with Crippen molar-refractivity contribution in [3.63, 3.8) is 0 Å². The van der Waals surface area contributed by atoms with Gasteiger partial charge < -0.3 is 4.57 Å². The SMILES string of the molecule is Cc1nc(-c2cn(C)c(=O)[nH]c2=O)n(-c2cccc(Cl)c2)n1. The van der Waals surface area contributed by atoms with Gasteiger partial charge in [-0.2, -0.15) is 5.10 Å². The van der Waals surface area contributed by atoms with Crippen LogP contribution in [0.4, 0.5) is 0 Å². The van der Waals surface area contributed by atoms with Gasteiger partial charge >= 0.3 is 5.69 Å². The third-order valence-electron chi connectivity index (χ3n) is 3.11. The lowest BCUT2D eigenvalue weighted by atomic mass is 10.3. The molecule has 0 aliphatic heterocycles. The summed E-state index contributed by atoms with van der Waals surface area (Å²) >= 11 is 6.00. The van der Waals surface area contributed by atoms with Crippen molar-refractivity contribution in [2.24, 2.45) is 7.05 Å². The summed E-state index contributed by atoms with van der Waals surface area (Å²) < 4.78 is 2.80. The quantitative estimate of drug-likeness (QED) is 0.771. The highest BCUT2D eigenvalue weighted by atomic mass is 35.5. The monoisotopic (exact) mass is 317 g/mol. The zero-order valence-electron chi connectivity index (χ0n) is 11.9. The van der Waals surface area contributed by atoms with Gasteiger partial charge in [0, 0.05) is 18.3 Å². The van der Waals surface area contributed by atoms with E-state index in [1.165, 1.54) is 15.4 Å². The highest BCUT2D eigenvalue weighted by Gasteiger charge is 2.16. The van der Waals surface area contributed by atoms with E-state index < -0.39 is 11.2 Å². The maximum Gasteiger partial charge on any atom is 0.328 e. The molecule has 0 radical (unpaired) electrons. The molecule has 2 heterocycles. The molecule has 7 nitrogen and oxygen atoms in total. The molecule has 0 unspecified atom stereocenters. The number of nitrogens with one attached hydrogen (secondary N) is 1. The average Bonchev–Trinajstić information content (AvgIpc) is 2.85. The molecule has 0 spiro atoms. The Hall–Kier alpha value is -2.67. The Morgan fingerprint density at radius 1 is 1.27 bits per heavy atom. The number of aromatic nitrogens is 5. The van der Waals surface area contributed by atoms with E-state index in [2.05, 4.69) is 15.1 Å². The summed E-state index contributed by atoms with van der Waals surface area (Å²) in [6.07, 6.45) is 1.44. The Balaban J connectivity index is 2.28. The molecule has 0 fully saturated rings. The normalized spacial score (nSPS) is 10.9.